The molecule has 0 heterocycles. The lowest BCUT2D eigenvalue weighted by Crippen LogP contribution is -2.00. The molecule has 0 fully saturated rings. The number of ketones is 1. The van der Waals surface area contributed by atoms with Crippen LogP contribution in [0, 0.1) is 0 Å². The molecule has 0 aliphatic carbocycles. The SMILES string of the molecule is O=C(CBr)c1cccc2ccc3ccccc3c12. The summed E-state index contributed by atoms with van der Waals surface area (Å²) >= 11 is 3.25. The third-order valence-electron chi connectivity index (χ3n) is 3.19. The molecule has 3 rings (SSSR count). The lowest BCUT2D eigenvalue weighted by molar-refractivity contribution is 0.102. The Kier molecular flexibility index (Phi) is 2.88. The first-order valence-electron chi connectivity index (χ1n) is 5.81. The molecule has 0 aliphatic heterocycles. The Hall–Kier alpha value is -1.67. The molecule has 0 saturated carbocycles. The number of carbonyl (C=O) groups is 1. The molecule has 3 aromatic carbocycles. The van der Waals surface area contributed by atoms with Crippen LogP contribution in [0.25, 0.3) is 21.5 Å². The van der Waals surface area contributed by atoms with Gasteiger partial charge in [0.2, 0.25) is 0 Å². The highest BCUT2D eigenvalue weighted by Gasteiger charge is 2.10. The number of rotatable bonds is 2. The van der Waals surface area contributed by atoms with Gasteiger partial charge in [0.25, 0.3) is 0 Å². The molecule has 0 N–H and O–H groups in total. The fourth-order valence-corrected chi connectivity index (χ4v) is 2.67. The van der Waals surface area contributed by atoms with Gasteiger partial charge in [-0.15, -0.1) is 0 Å². The fraction of sp³-hybridized carbons (Fsp3) is 0.0625. The minimum absolute atomic E-state index is 0.122. The maximum atomic E-state index is 12.0. The molecule has 0 atom stereocenters. The number of carbonyl (C=O) groups excluding carboxylic acids is 1. The van der Waals surface area contributed by atoms with Crippen molar-refractivity contribution in [1.29, 1.82) is 0 Å². The Morgan fingerprint density at radius 2 is 1.61 bits per heavy atom. The van der Waals surface area contributed by atoms with Crippen molar-refractivity contribution in [1.82, 2.24) is 0 Å². The summed E-state index contributed by atoms with van der Waals surface area (Å²) in [5, 5.41) is 4.83. The predicted octanol–water partition coefficient (Wildman–Crippen LogP) is 4.57. The number of fused-ring (bicyclic) bond motifs is 3. The fourth-order valence-electron chi connectivity index (χ4n) is 2.36. The van der Waals surface area contributed by atoms with Crippen LogP contribution in [0.15, 0.2) is 54.6 Å². The van der Waals surface area contributed by atoms with Crippen LogP contribution < -0.4 is 0 Å². The van der Waals surface area contributed by atoms with E-state index in [0.29, 0.717) is 5.33 Å². The topological polar surface area (TPSA) is 17.1 Å². The van der Waals surface area contributed by atoms with Crippen molar-refractivity contribution in [2.75, 3.05) is 5.33 Å². The van der Waals surface area contributed by atoms with Gasteiger partial charge in [-0.2, -0.15) is 0 Å². The van der Waals surface area contributed by atoms with E-state index in [1.165, 1.54) is 5.39 Å². The summed E-state index contributed by atoms with van der Waals surface area (Å²) in [5.74, 6) is 0.122. The first-order chi connectivity index (χ1) is 8.81. The summed E-state index contributed by atoms with van der Waals surface area (Å²) in [5.41, 5.74) is 0.793. The number of Topliss-reactive ketones (excluding diaryl/α,β-unsaturated/α-hetero) is 1. The predicted molar refractivity (Wildman–Crippen MR) is 79.6 cm³/mol. The van der Waals surface area contributed by atoms with Gasteiger partial charge < -0.3 is 0 Å². The molecular weight excluding hydrogens is 288 g/mol. The van der Waals surface area contributed by atoms with Crippen LogP contribution in [0.2, 0.25) is 0 Å². The van der Waals surface area contributed by atoms with Crippen molar-refractivity contribution < 1.29 is 4.79 Å². The molecule has 3 aromatic rings. The van der Waals surface area contributed by atoms with Gasteiger partial charge in [0.15, 0.2) is 5.78 Å². The van der Waals surface area contributed by atoms with E-state index in [0.717, 1.165) is 21.7 Å². The molecule has 0 aromatic heterocycles. The zero-order chi connectivity index (χ0) is 12.5. The van der Waals surface area contributed by atoms with Gasteiger partial charge in [-0.05, 0) is 16.2 Å². The summed E-state index contributed by atoms with van der Waals surface area (Å²) < 4.78 is 0. The maximum absolute atomic E-state index is 12.0. The standard InChI is InChI=1S/C16H11BrO/c17-10-15(18)14-7-3-5-12-9-8-11-4-1-2-6-13(11)16(12)14/h1-9H,10H2. The zero-order valence-corrected chi connectivity index (χ0v) is 11.3. The van der Waals surface area contributed by atoms with Gasteiger partial charge in [-0.25, -0.2) is 0 Å². The number of halogens is 1. The van der Waals surface area contributed by atoms with Crippen LogP contribution in [0.4, 0.5) is 0 Å². The monoisotopic (exact) mass is 298 g/mol. The van der Waals surface area contributed by atoms with E-state index in [4.69, 9.17) is 0 Å². The maximum Gasteiger partial charge on any atom is 0.174 e. The van der Waals surface area contributed by atoms with Crippen LogP contribution in [0.1, 0.15) is 10.4 Å². The first kappa shape index (κ1) is 11.4. The Morgan fingerprint density at radius 3 is 2.44 bits per heavy atom. The lowest BCUT2D eigenvalue weighted by Gasteiger charge is -2.08. The number of hydrogen-bond donors (Lipinski definition) is 0. The summed E-state index contributed by atoms with van der Waals surface area (Å²) in [7, 11) is 0. The van der Waals surface area contributed by atoms with E-state index >= 15 is 0 Å². The molecule has 1 nitrogen and oxygen atoms in total. The molecule has 0 spiro atoms. The Labute approximate surface area is 114 Å². The second-order valence-electron chi connectivity index (χ2n) is 4.25. The molecule has 0 saturated heterocycles. The summed E-state index contributed by atoms with van der Waals surface area (Å²) in [4.78, 5) is 12.0. The number of alkyl halides is 1. The van der Waals surface area contributed by atoms with Crippen LogP contribution in [-0.4, -0.2) is 11.1 Å². The third kappa shape index (κ3) is 1.73. The summed E-state index contributed by atoms with van der Waals surface area (Å²) in [6.45, 7) is 0. The smallest absolute Gasteiger partial charge is 0.174 e. The van der Waals surface area contributed by atoms with E-state index in [1.54, 1.807) is 0 Å². The van der Waals surface area contributed by atoms with Gasteiger partial charge in [0.05, 0.1) is 5.33 Å². The normalized spacial score (nSPS) is 10.9. The van der Waals surface area contributed by atoms with E-state index in [9.17, 15) is 4.79 Å². The van der Waals surface area contributed by atoms with Crippen LogP contribution >= 0.6 is 15.9 Å². The molecule has 88 valence electrons. The molecule has 0 bridgehead atoms. The summed E-state index contributed by atoms with van der Waals surface area (Å²) in [6.07, 6.45) is 0. The van der Waals surface area contributed by atoms with Crippen molar-refractivity contribution in [3.63, 3.8) is 0 Å². The van der Waals surface area contributed by atoms with Crippen molar-refractivity contribution >= 4 is 43.3 Å². The quantitative estimate of drug-likeness (QED) is 0.385. The van der Waals surface area contributed by atoms with Gasteiger partial charge in [0.1, 0.15) is 0 Å². The highest BCUT2D eigenvalue weighted by molar-refractivity contribution is 9.09. The van der Waals surface area contributed by atoms with E-state index in [1.807, 2.05) is 30.3 Å². The van der Waals surface area contributed by atoms with Gasteiger partial charge in [0, 0.05) is 10.9 Å². The zero-order valence-electron chi connectivity index (χ0n) is 9.69. The van der Waals surface area contributed by atoms with Crippen molar-refractivity contribution in [3.05, 3.63) is 60.2 Å². The Morgan fingerprint density at radius 1 is 0.889 bits per heavy atom. The molecule has 2 heteroatoms. The van der Waals surface area contributed by atoms with Gasteiger partial charge in [-0.1, -0.05) is 70.5 Å². The van der Waals surface area contributed by atoms with Crippen LogP contribution in [0.3, 0.4) is 0 Å². The molecule has 0 radical (unpaired) electrons. The lowest BCUT2D eigenvalue weighted by atomic mass is 9.96. The molecular formula is C16H11BrO. The van der Waals surface area contributed by atoms with E-state index in [2.05, 4.69) is 40.2 Å². The molecule has 0 aliphatic rings. The van der Waals surface area contributed by atoms with Gasteiger partial charge in [-0.3, -0.25) is 4.79 Å². The summed E-state index contributed by atoms with van der Waals surface area (Å²) in [6, 6.07) is 18.2. The van der Waals surface area contributed by atoms with Crippen molar-refractivity contribution in [2.45, 2.75) is 0 Å². The minimum Gasteiger partial charge on any atom is -0.293 e. The Balaban J connectivity index is 2.50. The number of benzene rings is 3. The largest absolute Gasteiger partial charge is 0.293 e. The highest BCUT2D eigenvalue weighted by Crippen LogP contribution is 2.28. The molecule has 0 unspecified atom stereocenters. The average Bonchev–Trinajstić information content (AvgIpc) is 2.45. The van der Waals surface area contributed by atoms with Crippen molar-refractivity contribution in [2.24, 2.45) is 0 Å². The minimum atomic E-state index is 0.122. The second kappa shape index (κ2) is 4.54. The second-order valence-corrected chi connectivity index (χ2v) is 4.81. The highest BCUT2D eigenvalue weighted by atomic mass is 79.9. The van der Waals surface area contributed by atoms with Crippen LogP contribution in [0.5, 0.6) is 0 Å². The Bertz CT molecular complexity index is 746. The molecule has 0 amide bonds. The van der Waals surface area contributed by atoms with Gasteiger partial charge >= 0.3 is 0 Å². The first-order valence-corrected chi connectivity index (χ1v) is 6.93. The average molecular weight is 299 g/mol. The number of hydrogen-bond acceptors (Lipinski definition) is 1. The van der Waals surface area contributed by atoms with E-state index in [-0.39, 0.29) is 5.78 Å². The molecule has 18 heavy (non-hydrogen) atoms. The third-order valence-corrected chi connectivity index (χ3v) is 3.70. The van der Waals surface area contributed by atoms with Crippen LogP contribution in [-0.2, 0) is 0 Å². The van der Waals surface area contributed by atoms with Crippen molar-refractivity contribution in [3.8, 4) is 0 Å². The van der Waals surface area contributed by atoms with E-state index < -0.39 is 0 Å².